The number of carbonyl (C=O) groups is 1. The van der Waals surface area contributed by atoms with Gasteiger partial charge in [-0.05, 0) is 44.2 Å². The molecular weight excluding hydrogens is 328 g/mol. The second kappa shape index (κ2) is 7.52. The van der Waals surface area contributed by atoms with Crippen LogP contribution in [0.25, 0.3) is 0 Å². The summed E-state index contributed by atoms with van der Waals surface area (Å²) in [6.07, 6.45) is 0. The third-order valence-electron chi connectivity index (χ3n) is 3.31. The predicted molar refractivity (Wildman–Crippen MR) is 92.3 cm³/mol. The van der Waals surface area contributed by atoms with Crippen molar-refractivity contribution >= 4 is 21.6 Å². The Morgan fingerprint density at radius 1 is 1.21 bits per heavy atom. The molecule has 4 N–H and O–H groups in total. The molecule has 0 aliphatic rings. The quantitative estimate of drug-likeness (QED) is 0.725. The van der Waals surface area contributed by atoms with Crippen LogP contribution in [0, 0.1) is 13.8 Å². The molecule has 0 radical (unpaired) electrons. The SMILES string of the molecule is Cc1ccc(C(=O)Nc2cccc(S(=O)(=O)NCCN)c2)c(C)n1. The van der Waals surface area contributed by atoms with Crippen LogP contribution < -0.4 is 15.8 Å². The Labute approximate surface area is 141 Å². The molecular formula is C16H20N4O3S. The molecule has 2 aromatic rings. The third kappa shape index (κ3) is 4.38. The topological polar surface area (TPSA) is 114 Å². The summed E-state index contributed by atoms with van der Waals surface area (Å²) >= 11 is 0. The number of aryl methyl sites for hydroxylation is 2. The van der Waals surface area contributed by atoms with Crippen LogP contribution in [0.3, 0.4) is 0 Å². The number of hydrogen-bond acceptors (Lipinski definition) is 5. The predicted octanol–water partition coefficient (Wildman–Crippen LogP) is 1.19. The van der Waals surface area contributed by atoms with Gasteiger partial charge in [-0.2, -0.15) is 0 Å². The molecule has 0 fully saturated rings. The normalized spacial score (nSPS) is 11.3. The van der Waals surface area contributed by atoms with Crippen LogP contribution in [0.5, 0.6) is 0 Å². The van der Waals surface area contributed by atoms with Crippen molar-refractivity contribution in [1.82, 2.24) is 9.71 Å². The largest absolute Gasteiger partial charge is 0.329 e. The van der Waals surface area contributed by atoms with Crippen molar-refractivity contribution in [3.63, 3.8) is 0 Å². The molecule has 0 saturated carbocycles. The molecule has 8 heteroatoms. The van der Waals surface area contributed by atoms with E-state index in [2.05, 4.69) is 15.0 Å². The van der Waals surface area contributed by atoms with Crippen LogP contribution in [-0.4, -0.2) is 32.4 Å². The van der Waals surface area contributed by atoms with Crippen molar-refractivity contribution in [3.05, 3.63) is 53.3 Å². The lowest BCUT2D eigenvalue weighted by Gasteiger charge is -2.10. The summed E-state index contributed by atoms with van der Waals surface area (Å²) in [5.41, 5.74) is 7.57. The highest BCUT2D eigenvalue weighted by molar-refractivity contribution is 7.89. The second-order valence-electron chi connectivity index (χ2n) is 5.25. The maximum atomic E-state index is 12.3. The molecule has 0 bridgehead atoms. The van der Waals surface area contributed by atoms with Crippen molar-refractivity contribution in [1.29, 1.82) is 0 Å². The number of amides is 1. The fourth-order valence-corrected chi connectivity index (χ4v) is 3.24. The van der Waals surface area contributed by atoms with E-state index in [1.165, 1.54) is 12.1 Å². The van der Waals surface area contributed by atoms with Crippen molar-refractivity contribution in [2.75, 3.05) is 18.4 Å². The summed E-state index contributed by atoms with van der Waals surface area (Å²) in [5.74, 6) is -0.343. The first-order chi connectivity index (χ1) is 11.3. The van der Waals surface area contributed by atoms with Gasteiger partial charge in [0.2, 0.25) is 10.0 Å². The molecule has 0 spiro atoms. The Bertz CT molecular complexity index is 850. The van der Waals surface area contributed by atoms with Gasteiger partial charge in [-0.1, -0.05) is 6.07 Å². The van der Waals surface area contributed by atoms with Gasteiger partial charge in [0.1, 0.15) is 0 Å². The highest BCUT2D eigenvalue weighted by atomic mass is 32.2. The van der Waals surface area contributed by atoms with E-state index in [9.17, 15) is 13.2 Å². The van der Waals surface area contributed by atoms with E-state index in [0.717, 1.165) is 5.69 Å². The number of pyridine rings is 1. The number of carbonyl (C=O) groups excluding carboxylic acids is 1. The van der Waals surface area contributed by atoms with Crippen molar-refractivity contribution < 1.29 is 13.2 Å². The molecule has 0 unspecified atom stereocenters. The zero-order chi connectivity index (χ0) is 17.7. The molecule has 1 aromatic carbocycles. The van der Waals surface area contributed by atoms with E-state index < -0.39 is 10.0 Å². The lowest BCUT2D eigenvalue weighted by atomic mass is 10.1. The third-order valence-corrected chi connectivity index (χ3v) is 4.77. The molecule has 1 amide bonds. The van der Waals surface area contributed by atoms with Gasteiger partial charge in [0.25, 0.3) is 5.91 Å². The van der Waals surface area contributed by atoms with Crippen LogP contribution in [0.1, 0.15) is 21.7 Å². The van der Waals surface area contributed by atoms with Gasteiger partial charge in [0.05, 0.1) is 16.2 Å². The molecule has 1 heterocycles. The fraction of sp³-hybridized carbons (Fsp3) is 0.250. The number of hydrogen-bond donors (Lipinski definition) is 3. The van der Waals surface area contributed by atoms with Crippen LogP contribution in [0.15, 0.2) is 41.3 Å². The average molecular weight is 348 g/mol. The van der Waals surface area contributed by atoms with E-state index in [4.69, 9.17) is 5.73 Å². The van der Waals surface area contributed by atoms with Gasteiger partial charge < -0.3 is 11.1 Å². The highest BCUT2D eigenvalue weighted by Crippen LogP contribution is 2.17. The van der Waals surface area contributed by atoms with Gasteiger partial charge in [0, 0.05) is 24.5 Å². The molecule has 0 saturated heterocycles. The van der Waals surface area contributed by atoms with E-state index >= 15 is 0 Å². The summed E-state index contributed by atoms with van der Waals surface area (Å²) < 4.78 is 26.6. The number of aromatic nitrogens is 1. The Kier molecular flexibility index (Phi) is 5.66. The number of benzene rings is 1. The molecule has 128 valence electrons. The van der Waals surface area contributed by atoms with Crippen LogP contribution in [0.4, 0.5) is 5.69 Å². The van der Waals surface area contributed by atoms with Crippen LogP contribution in [0.2, 0.25) is 0 Å². The highest BCUT2D eigenvalue weighted by Gasteiger charge is 2.15. The monoisotopic (exact) mass is 348 g/mol. The number of rotatable bonds is 6. The van der Waals surface area contributed by atoms with Gasteiger partial charge >= 0.3 is 0 Å². The van der Waals surface area contributed by atoms with Crippen LogP contribution in [-0.2, 0) is 10.0 Å². The molecule has 7 nitrogen and oxygen atoms in total. The lowest BCUT2D eigenvalue weighted by molar-refractivity contribution is 0.102. The minimum Gasteiger partial charge on any atom is -0.329 e. The van der Waals surface area contributed by atoms with Crippen molar-refractivity contribution in [3.8, 4) is 0 Å². The summed E-state index contributed by atoms with van der Waals surface area (Å²) in [7, 11) is -3.65. The summed E-state index contributed by atoms with van der Waals surface area (Å²) in [4.78, 5) is 16.7. The average Bonchev–Trinajstić information content (AvgIpc) is 2.53. The zero-order valence-electron chi connectivity index (χ0n) is 13.5. The number of nitrogens with two attached hydrogens (primary N) is 1. The van der Waals surface area contributed by atoms with Crippen molar-refractivity contribution in [2.45, 2.75) is 18.7 Å². The van der Waals surface area contributed by atoms with Gasteiger partial charge in [-0.25, -0.2) is 13.1 Å². The van der Waals surface area contributed by atoms with Crippen LogP contribution >= 0.6 is 0 Å². The second-order valence-corrected chi connectivity index (χ2v) is 7.02. The zero-order valence-corrected chi connectivity index (χ0v) is 14.4. The first-order valence-electron chi connectivity index (χ1n) is 7.39. The van der Waals surface area contributed by atoms with Gasteiger partial charge in [-0.3, -0.25) is 9.78 Å². The summed E-state index contributed by atoms with van der Waals surface area (Å²) in [5, 5.41) is 2.69. The van der Waals surface area contributed by atoms with Crippen molar-refractivity contribution in [2.24, 2.45) is 5.73 Å². The number of sulfonamides is 1. The molecule has 0 aliphatic heterocycles. The molecule has 0 atom stereocenters. The van der Waals surface area contributed by atoms with E-state index in [1.807, 2.05) is 6.92 Å². The first-order valence-corrected chi connectivity index (χ1v) is 8.87. The molecule has 24 heavy (non-hydrogen) atoms. The molecule has 0 aliphatic carbocycles. The van der Waals surface area contributed by atoms with Gasteiger partial charge in [0.15, 0.2) is 0 Å². The number of nitrogens with zero attached hydrogens (tertiary/aromatic N) is 1. The summed E-state index contributed by atoms with van der Waals surface area (Å²) in [6.45, 7) is 3.94. The van der Waals surface area contributed by atoms with E-state index in [0.29, 0.717) is 16.9 Å². The maximum absolute atomic E-state index is 12.3. The van der Waals surface area contributed by atoms with E-state index in [-0.39, 0.29) is 23.9 Å². The standard InChI is InChI=1S/C16H20N4O3S/c1-11-6-7-15(12(2)19-11)16(21)20-13-4-3-5-14(10-13)24(22,23)18-9-8-17/h3-7,10,18H,8-9,17H2,1-2H3,(H,20,21). The van der Waals surface area contributed by atoms with Gasteiger partial charge in [-0.15, -0.1) is 0 Å². The lowest BCUT2D eigenvalue weighted by Crippen LogP contribution is -2.29. The summed E-state index contributed by atoms with van der Waals surface area (Å²) in [6, 6.07) is 9.47. The Balaban J connectivity index is 2.22. The molecule has 2 rings (SSSR count). The minimum absolute atomic E-state index is 0.0625. The number of anilines is 1. The fourth-order valence-electron chi connectivity index (χ4n) is 2.14. The Morgan fingerprint density at radius 2 is 1.96 bits per heavy atom. The maximum Gasteiger partial charge on any atom is 0.257 e. The Morgan fingerprint density at radius 3 is 2.62 bits per heavy atom. The minimum atomic E-state index is -3.65. The van der Waals surface area contributed by atoms with E-state index in [1.54, 1.807) is 31.2 Å². The first kappa shape index (κ1) is 18.1. The number of nitrogens with one attached hydrogen (secondary N) is 2. The smallest absolute Gasteiger partial charge is 0.257 e. The Hall–Kier alpha value is -2.29. The molecule has 1 aromatic heterocycles.